The van der Waals surface area contributed by atoms with Crippen molar-refractivity contribution in [3.63, 3.8) is 0 Å². The number of ether oxygens (including phenoxy) is 3. The summed E-state index contributed by atoms with van der Waals surface area (Å²) >= 11 is 0. The third-order valence-corrected chi connectivity index (χ3v) is 12.1. The SMILES string of the molecule is CCCCC/C=C\C/C=C\CCCCCCCCCC(=O)OCC(COC(=O)CCCCCCC/C=C\CCCCC)OC(=O)CCCCCCCCCCCCCCCCCC. The first kappa shape index (κ1) is 60.6. The topological polar surface area (TPSA) is 78.9 Å². The second-order valence-corrected chi connectivity index (χ2v) is 18.5. The third kappa shape index (κ3) is 50.5. The molecule has 0 saturated carbocycles. The Labute approximate surface area is 391 Å². The molecule has 0 rings (SSSR count). The molecule has 0 aliphatic rings. The zero-order valence-electron chi connectivity index (χ0n) is 42.1. The minimum absolute atomic E-state index is 0.0758. The van der Waals surface area contributed by atoms with Gasteiger partial charge in [-0.25, -0.2) is 0 Å². The average molecular weight is 885 g/mol. The molecule has 0 aromatic carbocycles. The van der Waals surface area contributed by atoms with Crippen molar-refractivity contribution in [2.24, 2.45) is 0 Å². The fraction of sp³-hybridized carbons (Fsp3) is 0.842. The van der Waals surface area contributed by atoms with Crippen LogP contribution in [0.1, 0.15) is 290 Å². The number of unbranched alkanes of at least 4 members (excludes halogenated alkanes) is 33. The average Bonchev–Trinajstić information content (AvgIpc) is 3.28. The van der Waals surface area contributed by atoms with E-state index in [1.807, 2.05) is 0 Å². The normalized spacial score (nSPS) is 12.2. The molecule has 63 heavy (non-hydrogen) atoms. The van der Waals surface area contributed by atoms with Gasteiger partial charge in [-0.2, -0.15) is 0 Å². The Hall–Kier alpha value is -2.37. The number of carbonyl (C=O) groups excluding carboxylic acids is 3. The summed E-state index contributed by atoms with van der Waals surface area (Å²) in [6, 6.07) is 0. The summed E-state index contributed by atoms with van der Waals surface area (Å²) in [6.07, 6.45) is 61.2. The highest BCUT2D eigenvalue weighted by molar-refractivity contribution is 5.71. The molecule has 1 unspecified atom stereocenters. The zero-order chi connectivity index (χ0) is 45.8. The summed E-state index contributed by atoms with van der Waals surface area (Å²) in [5.41, 5.74) is 0. The van der Waals surface area contributed by atoms with Gasteiger partial charge in [0.15, 0.2) is 6.10 Å². The number of hydrogen-bond acceptors (Lipinski definition) is 6. The molecule has 0 spiro atoms. The molecule has 0 radical (unpaired) electrons. The first-order valence-electron chi connectivity index (χ1n) is 27.5. The summed E-state index contributed by atoms with van der Waals surface area (Å²) in [6.45, 7) is 6.61. The summed E-state index contributed by atoms with van der Waals surface area (Å²) in [4.78, 5) is 38.0. The molecule has 1 atom stereocenters. The summed E-state index contributed by atoms with van der Waals surface area (Å²) in [5.74, 6) is -0.878. The molecule has 0 fully saturated rings. The molecular weight excluding hydrogens is 781 g/mol. The Kier molecular flexibility index (Phi) is 50.3. The van der Waals surface area contributed by atoms with Crippen molar-refractivity contribution in [2.45, 2.75) is 297 Å². The van der Waals surface area contributed by atoms with Gasteiger partial charge < -0.3 is 14.2 Å². The van der Waals surface area contributed by atoms with Gasteiger partial charge in [0.2, 0.25) is 0 Å². The van der Waals surface area contributed by atoms with E-state index in [1.165, 1.54) is 173 Å². The Morgan fingerprint density at radius 3 is 0.921 bits per heavy atom. The van der Waals surface area contributed by atoms with Gasteiger partial charge in [0.1, 0.15) is 13.2 Å². The van der Waals surface area contributed by atoms with Crippen LogP contribution in [-0.4, -0.2) is 37.2 Å². The highest BCUT2D eigenvalue weighted by atomic mass is 16.6. The van der Waals surface area contributed by atoms with Crippen molar-refractivity contribution in [2.75, 3.05) is 13.2 Å². The van der Waals surface area contributed by atoms with E-state index < -0.39 is 6.10 Å². The van der Waals surface area contributed by atoms with Crippen LogP contribution in [0, 0.1) is 0 Å². The van der Waals surface area contributed by atoms with Gasteiger partial charge in [-0.15, -0.1) is 0 Å². The van der Waals surface area contributed by atoms with E-state index in [0.717, 1.165) is 77.0 Å². The monoisotopic (exact) mass is 885 g/mol. The molecule has 368 valence electrons. The molecule has 6 heteroatoms. The first-order chi connectivity index (χ1) is 31.0. The summed E-state index contributed by atoms with van der Waals surface area (Å²) in [7, 11) is 0. The van der Waals surface area contributed by atoms with Crippen LogP contribution < -0.4 is 0 Å². The number of carbonyl (C=O) groups is 3. The second kappa shape index (κ2) is 52.3. The Bertz CT molecular complexity index is 1060. The van der Waals surface area contributed by atoms with Crippen molar-refractivity contribution < 1.29 is 28.6 Å². The van der Waals surface area contributed by atoms with Crippen LogP contribution in [0.4, 0.5) is 0 Å². The minimum atomic E-state index is -0.775. The van der Waals surface area contributed by atoms with Crippen molar-refractivity contribution in [1.82, 2.24) is 0 Å². The molecule has 0 aliphatic carbocycles. The van der Waals surface area contributed by atoms with Crippen LogP contribution in [0.3, 0.4) is 0 Å². The van der Waals surface area contributed by atoms with Crippen molar-refractivity contribution in [3.05, 3.63) is 36.5 Å². The van der Waals surface area contributed by atoms with E-state index >= 15 is 0 Å². The van der Waals surface area contributed by atoms with Crippen molar-refractivity contribution >= 4 is 17.9 Å². The molecule has 0 aromatic heterocycles. The quantitative estimate of drug-likeness (QED) is 0.0262. The van der Waals surface area contributed by atoms with Crippen LogP contribution >= 0.6 is 0 Å². The first-order valence-corrected chi connectivity index (χ1v) is 27.5. The smallest absolute Gasteiger partial charge is 0.306 e. The number of esters is 3. The summed E-state index contributed by atoms with van der Waals surface area (Å²) in [5, 5.41) is 0. The number of hydrogen-bond donors (Lipinski definition) is 0. The lowest BCUT2D eigenvalue weighted by Gasteiger charge is -2.18. The molecule has 0 saturated heterocycles. The predicted octanol–water partition coefficient (Wildman–Crippen LogP) is 18.1. The lowest BCUT2D eigenvalue weighted by atomic mass is 10.0. The molecule has 0 N–H and O–H groups in total. The Morgan fingerprint density at radius 1 is 0.317 bits per heavy atom. The Morgan fingerprint density at radius 2 is 0.571 bits per heavy atom. The fourth-order valence-electron chi connectivity index (χ4n) is 7.94. The molecule has 0 aliphatic heterocycles. The molecule has 6 nitrogen and oxygen atoms in total. The highest BCUT2D eigenvalue weighted by Gasteiger charge is 2.19. The van der Waals surface area contributed by atoms with Crippen LogP contribution in [-0.2, 0) is 28.6 Å². The standard InChI is InChI=1S/C57H104O6/c1-4-7-10-13-16-19-22-25-27-29-31-32-35-38-41-44-47-50-56(59)62-53-54(52-61-55(58)49-46-43-40-37-34-24-21-18-15-12-9-6-3)63-57(60)51-48-45-42-39-36-33-30-28-26-23-20-17-14-11-8-5-2/h16,18-19,21,25,27,54H,4-15,17,20,22-24,26,28-53H2,1-3H3/b19-16-,21-18-,27-25-. The zero-order valence-corrected chi connectivity index (χ0v) is 42.1. The molecule has 0 heterocycles. The highest BCUT2D eigenvalue weighted by Crippen LogP contribution is 2.16. The van der Waals surface area contributed by atoms with Gasteiger partial charge in [0, 0.05) is 19.3 Å². The molecule has 0 aromatic rings. The van der Waals surface area contributed by atoms with Gasteiger partial charge in [-0.1, -0.05) is 231 Å². The Balaban J connectivity index is 4.35. The van der Waals surface area contributed by atoms with Crippen LogP contribution in [0.2, 0.25) is 0 Å². The largest absolute Gasteiger partial charge is 0.462 e. The second-order valence-electron chi connectivity index (χ2n) is 18.5. The van der Waals surface area contributed by atoms with Gasteiger partial charge in [-0.05, 0) is 77.0 Å². The molecular formula is C57H104O6. The molecule has 0 amide bonds. The summed E-state index contributed by atoms with van der Waals surface area (Å²) < 4.78 is 16.8. The van der Waals surface area contributed by atoms with Gasteiger partial charge >= 0.3 is 17.9 Å². The third-order valence-electron chi connectivity index (χ3n) is 12.1. The van der Waals surface area contributed by atoms with Gasteiger partial charge in [0.25, 0.3) is 0 Å². The van der Waals surface area contributed by atoms with E-state index in [0.29, 0.717) is 19.3 Å². The predicted molar refractivity (Wildman–Crippen MR) is 270 cm³/mol. The maximum Gasteiger partial charge on any atom is 0.306 e. The van der Waals surface area contributed by atoms with E-state index in [4.69, 9.17) is 14.2 Å². The van der Waals surface area contributed by atoms with Crippen molar-refractivity contribution in [3.8, 4) is 0 Å². The van der Waals surface area contributed by atoms with E-state index in [2.05, 4.69) is 57.2 Å². The maximum atomic E-state index is 12.8. The lowest BCUT2D eigenvalue weighted by Crippen LogP contribution is -2.30. The van der Waals surface area contributed by atoms with E-state index in [-0.39, 0.29) is 31.1 Å². The van der Waals surface area contributed by atoms with Crippen LogP contribution in [0.15, 0.2) is 36.5 Å². The van der Waals surface area contributed by atoms with Crippen LogP contribution in [0.5, 0.6) is 0 Å². The maximum absolute atomic E-state index is 12.8. The molecule has 0 bridgehead atoms. The van der Waals surface area contributed by atoms with Gasteiger partial charge in [0.05, 0.1) is 0 Å². The van der Waals surface area contributed by atoms with Gasteiger partial charge in [-0.3, -0.25) is 14.4 Å². The minimum Gasteiger partial charge on any atom is -0.462 e. The lowest BCUT2D eigenvalue weighted by molar-refractivity contribution is -0.167. The van der Waals surface area contributed by atoms with Crippen molar-refractivity contribution in [1.29, 1.82) is 0 Å². The van der Waals surface area contributed by atoms with E-state index in [1.54, 1.807) is 0 Å². The van der Waals surface area contributed by atoms with E-state index in [9.17, 15) is 14.4 Å². The number of allylic oxidation sites excluding steroid dienone is 6. The van der Waals surface area contributed by atoms with Crippen LogP contribution in [0.25, 0.3) is 0 Å². The fourth-order valence-corrected chi connectivity index (χ4v) is 7.94. The number of rotatable bonds is 50.